The Balaban J connectivity index is 1.52. The zero-order chi connectivity index (χ0) is 21.5. The van der Waals surface area contributed by atoms with Gasteiger partial charge in [0.25, 0.3) is 5.91 Å². The first-order valence-electron chi connectivity index (χ1n) is 10.8. The Morgan fingerprint density at radius 2 is 1.77 bits per heavy atom. The Morgan fingerprint density at radius 1 is 1.03 bits per heavy atom. The number of fused-ring (bicyclic) bond motifs is 1. The topological polar surface area (TPSA) is 60.5 Å². The van der Waals surface area contributed by atoms with Crippen LogP contribution in [0.15, 0.2) is 48.5 Å². The lowest BCUT2D eigenvalue weighted by Crippen LogP contribution is -2.44. The maximum absolute atomic E-state index is 13.5. The van der Waals surface area contributed by atoms with Crippen molar-refractivity contribution in [3.8, 4) is 11.5 Å². The van der Waals surface area contributed by atoms with Crippen LogP contribution in [-0.2, 0) is 20.8 Å². The average molecular weight is 427 g/mol. The third kappa shape index (κ3) is 5.55. The summed E-state index contributed by atoms with van der Waals surface area (Å²) < 4.78 is 22.4. The van der Waals surface area contributed by atoms with E-state index in [0.717, 1.165) is 55.5 Å². The number of morpholine rings is 1. The van der Waals surface area contributed by atoms with E-state index in [1.54, 1.807) is 7.11 Å². The molecule has 1 atom stereocenters. The molecule has 0 bridgehead atoms. The standard InChI is InChI=1S/C24H30N2O5/c1-28-23(20-5-3-2-4-6-20)24(27)26(10-9-25-11-13-29-14-12-25)18-19-7-8-21-22(17-19)31-16-15-30-21/h2-8,17,23H,9-16,18H2,1H3/t23-/m1/s1. The Labute approximate surface area is 183 Å². The van der Waals surface area contributed by atoms with E-state index >= 15 is 0 Å². The Kier molecular flexibility index (Phi) is 7.40. The summed E-state index contributed by atoms with van der Waals surface area (Å²) in [6.07, 6.45) is -0.636. The zero-order valence-electron chi connectivity index (χ0n) is 18.0. The van der Waals surface area contributed by atoms with E-state index in [4.69, 9.17) is 18.9 Å². The predicted octanol–water partition coefficient (Wildman–Crippen LogP) is 2.51. The third-order valence-electron chi connectivity index (χ3n) is 5.64. The Hall–Kier alpha value is -2.61. The molecule has 1 saturated heterocycles. The molecule has 0 aromatic heterocycles. The number of hydrogen-bond acceptors (Lipinski definition) is 6. The van der Waals surface area contributed by atoms with Gasteiger partial charge in [0.15, 0.2) is 17.6 Å². The smallest absolute Gasteiger partial charge is 0.256 e. The highest BCUT2D eigenvalue weighted by Crippen LogP contribution is 2.31. The van der Waals surface area contributed by atoms with Crippen molar-refractivity contribution >= 4 is 5.91 Å². The van der Waals surface area contributed by atoms with Crippen molar-refractivity contribution in [1.82, 2.24) is 9.80 Å². The van der Waals surface area contributed by atoms with Crippen LogP contribution in [0, 0.1) is 0 Å². The number of amides is 1. The van der Waals surface area contributed by atoms with E-state index in [1.165, 1.54) is 0 Å². The van der Waals surface area contributed by atoms with Crippen molar-refractivity contribution in [3.63, 3.8) is 0 Å². The molecule has 2 aromatic carbocycles. The summed E-state index contributed by atoms with van der Waals surface area (Å²) in [6, 6.07) is 15.5. The Morgan fingerprint density at radius 3 is 2.52 bits per heavy atom. The lowest BCUT2D eigenvalue weighted by atomic mass is 10.1. The molecule has 0 unspecified atom stereocenters. The predicted molar refractivity (Wildman–Crippen MR) is 116 cm³/mol. The van der Waals surface area contributed by atoms with Crippen molar-refractivity contribution in [2.45, 2.75) is 12.6 Å². The van der Waals surface area contributed by atoms with E-state index in [0.29, 0.717) is 26.3 Å². The molecule has 0 N–H and O–H groups in total. The molecule has 2 heterocycles. The van der Waals surface area contributed by atoms with Gasteiger partial charge in [-0.25, -0.2) is 0 Å². The second kappa shape index (κ2) is 10.6. The van der Waals surface area contributed by atoms with Gasteiger partial charge >= 0.3 is 0 Å². The second-order valence-electron chi connectivity index (χ2n) is 7.72. The van der Waals surface area contributed by atoms with Crippen LogP contribution in [0.3, 0.4) is 0 Å². The highest BCUT2D eigenvalue weighted by Gasteiger charge is 2.27. The number of hydrogen-bond donors (Lipinski definition) is 0. The summed E-state index contributed by atoms with van der Waals surface area (Å²) in [5.74, 6) is 1.44. The molecular weight excluding hydrogens is 396 g/mol. The molecule has 166 valence electrons. The molecule has 0 radical (unpaired) electrons. The molecule has 0 saturated carbocycles. The van der Waals surface area contributed by atoms with Crippen molar-refractivity contribution in [1.29, 1.82) is 0 Å². The molecule has 31 heavy (non-hydrogen) atoms. The largest absolute Gasteiger partial charge is 0.486 e. The summed E-state index contributed by atoms with van der Waals surface area (Å²) >= 11 is 0. The highest BCUT2D eigenvalue weighted by molar-refractivity contribution is 5.82. The number of nitrogens with zero attached hydrogens (tertiary/aromatic N) is 2. The maximum Gasteiger partial charge on any atom is 0.256 e. The molecule has 1 fully saturated rings. The van der Waals surface area contributed by atoms with E-state index < -0.39 is 6.10 Å². The number of ether oxygens (including phenoxy) is 4. The van der Waals surface area contributed by atoms with E-state index in [-0.39, 0.29) is 5.91 Å². The summed E-state index contributed by atoms with van der Waals surface area (Å²) in [5, 5.41) is 0. The normalized spacial score (nSPS) is 17.2. The Bertz CT molecular complexity index is 854. The molecule has 0 spiro atoms. The fraction of sp³-hybridized carbons (Fsp3) is 0.458. The van der Waals surface area contributed by atoms with Gasteiger partial charge in [-0.15, -0.1) is 0 Å². The summed E-state index contributed by atoms with van der Waals surface area (Å²) in [6.45, 7) is 6.23. The minimum atomic E-state index is -0.636. The van der Waals surface area contributed by atoms with E-state index in [1.807, 2.05) is 53.4 Å². The third-order valence-corrected chi connectivity index (χ3v) is 5.64. The van der Waals surface area contributed by atoms with Gasteiger partial charge in [0.2, 0.25) is 0 Å². The highest BCUT2D eigenvalue weighted by atomic mass is 16.6. The summed E-state index contributed by atoms with van der Waals surface area (Å²) in [4.78, 5) is 17.8. The van der Waals surface area contributed by atoms with Gasteiger partial charge in [-0.2, -0.15) is 0 Å². The first kappa shape index (κ1) is 21.6. The van der Waals surface area contributed by atoms with Crippen molar-refractivity contribution in [3.05, 3.63) is 59.7 Å². The molecule has 7 nitrogen and oxygen atoms in total. The number of carbonyl (C=O) groups is 1. The molecule has 4 rings (SSSR count). The molecule has 2 aliphatic rings. The SMILES string of the molecule is CO[C@@H](C(=O)N(CCN1CCOCC1)Cc1ccc2c(c1)OCCO2)c1ccccc1. The van der Waals surface area contributed by atoms with Crippen LogP contribution in [0.4, 0.5) is 0 Å². The molecule has 2 aliphatic heterocycles. The molecule has 0 aliphatic carbocycles. The number of carbonyl (C=O) groups excluding carboxylic acids is 1. The molecule has 7 heteroatoms. The number of methoxy groups -OCH3 is 1. The lowest BCUT2D eigenvalue weighted by molar-refractivity contribution is -0.143. The van der Waals surface area contributed by atoms with Gasteiger partial charge in [-0.3, -0.25) is 9.69 Å². The number of benzene rings is 2. The fourth-order valence-corrected chi connectivity index (χ4v) is 3.93. The molecular formula is C24H30N2O5. The van der Waals surface area contributed by atoms with Gasteiger partial charge in [-0.05, 0) is 23.3 Å². The van der Waals surface area contributed by atoms with E-state index in [2.05, 4.69) is 4.90 Å². The zero-order valence-corrected chi connectivity index (χ0v) is 18.0. The number of rotatable bonds is 8. The van der Waals surface area contributed by atoms with Crippen LogP contribution in [0.5, 0.6) is 11.5 Å². The van der Waals surface area contributed by atoms with E-state index in [9.17, 15) is 4.79 Å². The van der Waals surface area contributed by atoms with Crippen LogP contribution in [0.25, 0.3) is 0 Å². The van der Waals surface area contributed by atoms with Gasteiger partial charge < -0.3 is 23.8 Å². The van der Waals surface area contributed by atoms with Crippen LogP contribution in [-0.4, -0.2) is 75.4 Å². The minimum absolute atomic E-state index is 0.0446. The summed E-state index contributed by atoms with van der Waals surface area (Å²) in [7, 11) is 1.58. The summed E-state index contributed by atoms with van der Waals surface area (Å²) in [5.41, 5.74) is 1.86. The monoisotopic (exact) mass is 426 g/mol. The first-order valence-corrected chi connectivity index (χ1v) is 10.8. The first-order chi connectivity index (χ1) is 15.2. The molecule has 1 amide bonds. The maximum atomic E-state index is 13.5. The molecule has 2 aromatic rings. The lowest BCUT2D eigenvalue weighted by Gasteiger charge is -2.32. The fourth-order valence-electron chi connectivity index (χ4n) is 3.93. The van der Waals surface area contributed by atoms with Gasteiger partial charge in [0.05, 0.1) is 13.2 Å². The van der Waals surface area contributed by atoms with Crippen molar-refractivity contribution in [2.75, 3.05) is 59.7 Å². The van der Waals surface area contributed by atoms with Crippen LogP contribution in [0.2, 0.25) is 0 Å². The van der Waals surface area contributed by atoms with Crippen molar-refractivity contribution in [2.24, 2.45) is 0 Å². The average Bonchev–Trinajstić information content (AvgIpc) is 2.83. The van der Waals surface area contributed by atoms with Crippen LogP contribution in [0.1, 0.15) is 17.2 Å². The van der Waals surface area contributed by atoms with Crippen molar-refractivity contribution < 1.29 is 23.7 Å². The minimum Gasteiger partial charge on any atom is -0.486 e. The van der Waals surface area contributed by atoms with Gasteiger partial charge in [0, 0.05) is 39.8 Å². The quantitative estimate of drug-likeness (QED) is 0.647. The van der Waals surface area contributed by atoms with Gasteiger partial charge in [0.1, 0.15) is 13.2 Å². The van der Waals surface area contributed by atoms with Gasteiger partial charge in [-0.1, -0.05) is 36.4 Å². The van der Waals surface area contributed by atoms with Crippen LogP contribution < -0.4 is 9.47 Å². The second-order valence-corrected chi connectivity index (χ2v) is 7.72. The van der Waals surface area contributed by atoms with Crippen LogP contribution >= 0.6 is 0 Å².